The second-order valence-corrected chi connectivity index (χ2v) is 6.12. The van der Waals surface area contributed by atoms with E-state index in [4.69, 9.17) is 4.74 Å². The van der Waals surface area contributed by atoms with Crippen molar-refractivity contribution in [3.63, 3.8) is 0 Å². The van der Waals surface area contributed by atoms with Crippen molar-refractivity contribution in [2.75, 3.05) is 6.61 Å². The molecule has 116 valence electrons. The Morgan fingerprint density at radius 2 is 1.91 bits per heavy atom. The Morgan fingerprint density at radius 3 is 2.50 bits per heavy atom. The molecular weight excluding hydrogens is 305 g/mol. The summed E-state index contributed by atoms with van der Waals surface area (Å²) >= 11 is 1.32. The Balaban J connectivity index is 1.82. The highest BCUT2D eigenvalue weighted by atomic mass is 32.1. The number of halogens is 1. The number of amides is 1. The third-order valence-electron chi connectivity index (χ3n) is 3.02. The van der Waals surface area contributed by atoms with E-state index < -0.39 is 11.9 Å². The van der Waals surface area contributed by atoms with E-state index in [0.717, 1.165) is 10.4 Å². The molecule has 0 bridgehead atoms. The molecular formula is C16H16FNO3S. The third kappa shape index (κ3) is 4.39. The molecule has 4 nitrogen and oxygen atoms in total. The van der Waals surface area contributed by atoms with Crippen LogP contribution in [-0.2, 0) is 9.53 Å². The average Bonchev–Trinajstić information content (AvgIpc) is 2.92. The summed E-state index contributed by atoms with van der Waals surface area (Å²) in [6, 6.07) is 9.05. The molecule has 1 N–H and O–H groups in total. The highest BCUT2D eigenvalue weighted by Gasteiger charge is 2.14. The molecule has 1 aromatic carbocycles. The van der Waals surface area contributed by atoms with Crippen LogP contribution < -0.4 is 5.32 Å². The van der Waals surface area contributed by atoms with Crippen molar-refractivity contribution in [1.82, 2.24) is 5.32 Å². The molecule has 1 heterocycles. The number of hydrogen-bond donors (Lipinski definition) is 1. The fraction of sp³-hybridized carbons (Fsp3) is 0.250. The van der Waals surface area contributed by atoms with Crippen LogP contribution in [0.2, 0.25) is 0 Å². The maximum Gasteiger partial charge on any atom is 0.348 e. The van der Waals surface area contributed by atoms with Crippen molar-refractivity contribution in [2.45, 2.75) is 19.9 Å². The van der Waals surface area contributed by atoms with E-state index in [2.05, 4.69) is 5.32 Å². The number of hydrogen-bond acceptors (Lipinski definition) is 4. The molecule has 6 heteroatoms. The summed E-state index contributed by atoms with van der Waals surface area (Å²) in [6.07, 6.45) is 0. The monoisotopic (exact) mass is 321 g/mol. The summed E-state index contributed by atoms with van der Waals surface area (Å²) in [5, 5.41) is 2.69. The molecule has 0 radical (unpaired) electrons. The zero-order valence-electron chi connectivity index (χ0n) is 12.3. The zero-order chi connectivity index (χ0) is 16.1. The van der Waals surface area contributed by atoms with Gasteiger partial charge in [-0.2, -0.15) is 0 Å². The van der Waals surface area contributed by atoms with E-state index in [9.17, 15) is 14.0 Å². The fourth-order valence-corrected chi connectivity index (χ4v) is 2.63. The second-order valence-electron chi connectivity index (χ2n) is 4.83. The third-order valence-corrected chi connectivity index (χ3v) is 4.00. The van der Waals surface area contributed by atoms with Gasteiger partial charge in [-0.25, -0.2) is 9.18 Å². The molecule has 0 saturated carbocycles. The predicted molar refractivity (Wildman–Crippen MR) is 82.3 cm³/mol. The van der Waals surface area contributed by atoms with Gasteiger partial charge in [0.05, 0.1) is 6.04 Å². The molecule has 0 unspecified atom stereocenters. The Morgan fingerprint density at radius 1 is 1.23 bits per heavy atom. The zero-order valence-corrected chi connectivity index (χ0v) is 13.1. The maximum absolute atomic E-state index is 12.8. The van der Waals surface area contributed by atoms with Crippen LogP contribution in [0.1, 0.15) is 33.1 Å². The number of thiophene rings is 1. The lowest BCUT2D eigenvalue weighted by molar-refractivity contribution is -0.124. The van der Waals surface area contributed by atoms with Gasteiger partial charge in [0.25, 0.3) is 5.91 Å². The van der Waals surface area contributed by atoms with Gasteiger partial charge >= 0.3 is 5.97 Å². The van der Waals surface area contributed by atoms with Crippen LogP contribution in [0, 0.1) is 12.7 Å². The minimum absolute atomic E-state index is 0.296. The highest BCUT2D eigenvalue weighted by Crippen LogP contribution is 2.16. The number of aryl methyl sites for hydroxylation is 1. The molecule has 0 fully saturated rings. The Kier molecular flexibility index (Phi) is 5.27. The van der Waals surface area contributed by atoms with Crippen molar-refractivity contribution in [3.8, 4) is 0 Å². The smallest absolute Gasteiger partial charge is 0.348 e. The van der Waals surface area contributed by atoms with E-state index in [1.54, 1.807) is 25.1 Å². The molecule has 1 amide bonds. The Labute approximate surface area is 131 Å². The standard InChI is InChI=1S/C16H16FNO3S/c1-10-3-8-14(22-10)16(20)21-9-15(19)18-11(2)12-4-6-13(17)7-5-12/h3-8,11H,9H2,1-2H3,(H,18,19)/t11-/m0/s1. The molecule has 1 aromatic heterocycles. The van der Waals surface area contributed by atoms with Crippen molar-refractivity contribution in [1.29, 1.82) is 0 Å². The second kappa shape index (κ2) is 7.17. The molecule has 2 aromatic rings. The molecule has 0 spiro atoms. The van der Waals surface area contributed by atoms with E-state index in [-0.39, 0.29) is 18.5 Å². The number of benzene rings is 1. The number of nitrogens with one attached hydrogen (secondary N) is 1. The van der Waals surface area contributed by atoms with Crippen LogP contribution >= 0.6 is 11.3 Å². The molecule has 0 aliphatic carbocycles. The summed E-state index contributed by atoms with van der Waals surface area (Å²) in [5.74, 6) is -1.25. The quantitative estimate of drug-likeness (QED) is 0.860. The largest absolute Gasteiger partial charge is 0.451 e. The van der Waals surface area contributed by atoms with Crippen molar-refractivity contribution in [2.24, 2.45) is 0 Å². The van der Waals surface area contributed by atoms with Gasteiger partial charge in [0.2, 0.25) is 0 Å². The summed E-state index contributed by atoms with van der Waals surface area (Å²) in [6.45, 7) is 3.31. The normalized spacial score (nSPS) is 11.8. The number of esters is 1. The summed E-state index contributed by atoms with van der Waals surface area (Å²) in [5.41, 5.74) is 0.773. The van der Waals surface area contributed by atoms with E-state index in [1.807, 2.05) is 13.0 Å². The van der Waals surface area contributed by atoms with Gasteiger partial charge in [-0.1, -0.05) is 12.1 Å². The van der Waals surface area contributed by atoms with Crippen LogP contribution in [0.15, 0.2) is 36.4 Å². The first-order valence-electron chi connectivity index (χ1n) is 6.74. The van der Waals surface area contributed by atoms with Crippen molar-refractivity contribution in [3.05, 3.63) is 57.5 Å². The van der Waals surface area contributed by atoms with Gasteiger partial charge in [-0.3, -0.25) is 4.79 Å². The molecule has 1 atom stereocenters. The van der Waals surface area contributed by atoms with Crippen LogP contribution in [0.25, 0.3) is 0 Å². The van der Waals surface area contributed by atoms with Gasteiger partial charge in [-0.15, -0.1) is 11.3 Å². The minimum Gasteiger partial charge on any atom is -0.451 e. The average molecular weight is 321 g/mol. The van der Waals surface area contributed by atoms with Crippen LogP contribution in [0.4, 0.5) is 4.39 Å². The molecule has 22 heavy (non-hydrogen) atoms. The van der Waals surface area contributed by atoms with Gasteiger partial charge in [0.1, 0.15) is 10.7 Å². The number of carbonyl (C=O) groups excluding carboxylic acids is 2. The molecule has 0 aliphatic heterocycles. The SMILES string of the molecule is Cc1ccc(C(=O)OCC(=O)N[C@@H](C)c2ccc(F)cc2)s1. The van der Waals surface area contributed by atoms with Crippen LogP contribution in [0.3, 0.4) is 0 Å². The minimum atomic E-state index is -0.511. The van der Waals surface area contributed by atoms with Crippen molar-refractivity contribution < 1.29 is 18.7 Å². The first kappa shape index (κ1) is 16.2. The van der Waals surface area contributed by atoms with Gasteiger partial charge in [-0.05, 0) is 43.7 Å². The number of rotatable bonds is 5. The Hall–Kier alpha value is -2.21. The van der Waals surface area contributed by atoms with Crippen LogP contribution in [-0.4, -0.2) is 18.5 Å². The van der Waals surface area contributed by atoms with Gasteiger partial charge < -0.3 is 10.1 Å². The van der Waals surface area contributed by atoms with E-state index in [0.29, 0.717) is 4.88 Å². The van der Waals surface area contributed by atoms with Gasteiger partial charge in [0.15, 0.2) is 6.61 Å². The van der Waals surface area contributed by atoms with Gasteiger partial charge in [0, 0.05) is 4.88 Å². The number of ether oxygens (including phenoxy) is 1. The molecule has 0 aliphatic rings. The topological polar surface area (TPSA) is 55.4 Å². The van der Waals surface area contributed by atoms with Crippen molar-refractivity contribution >= 4 is 23.2 Å². The Bertz CT molecular complexity index is 666. The summed E-state index contributed by atoms with van der Waals surface area (Å²) in [4.78, 5) is 25.0. The predicted octanol–water partition coefficient (Wildman–Crippen LogP) is 3.23. The maximum atomic E-state index is 12.8. The molecule has 0 saturated heterocycles. The van der Waals surface area contributed by atoms with E-state index >= 15 is 0 Å². The summed E-state index contributed by atoms with van der Waals surface area (Å²) < 4.78 is 17.8. The summed E-state index contributed by atoms with van der Waals surface area (Å²) in [7, 11) is 0. The highest BCUT2D eigenvalue weighted by molar-refractivity contribution is 7.13. The lowest BCUT2D eigenvalue weighted by atomic mass is 10.1. The first-order chi connectivity index (χ1) is 10.5. The lowest BCUT2D eigenvalue weighted by Crippen LogP contribution is -2.31. The fourth-order valence-electron chi connectivity index (χ4n) is 1.86. The lowest BCUT2D eigenvalue weighted by Gasteiger charge is -2.14. The number of carbonyl (C=O) groups is 2. The first-order valence-corrected chi connectivity index (χ1v) is 7.56. The molecule has 2 rings (SSSR count). The van der Waals surface area contributed by atoms with Crippen LogP contribution in [0.5, 0.6) is 0 Å². The van der Waals surface area contributed by atoms with E-state index in [1.165, 1.54) is 23.5 Å².